The zero-order valence-corrected chi connectivity index (χ0v) is 27.0. The lowest BCUT2D eigenvalue weighted by molar-refractivity contribution is -0.134. The minimum absolute atomic E-state index is 0.00582. The van der Waals surface area contributed by atoms with E-state index in [0.717, 1.165) is 59.3 Å². The molecule has 5 rings (SSSR count). The van der Waals surface area contributed by atoms with Crippen LogP contribution in [0.4, 0.5) is 4.39 Å². The number of halogens is 2. The molecule has 9 heteroatoms. The van der Waals surface area contributed by atoms with Gasteiger partial charge in [0.25, 0.3) is 5.56 Å². The van der Waals surface area contributed by atoms with E-state index < -0.39 is 6.04 Å². The predicted octanol–water partition coefficient (Wildman–Crippen LogP) is 7.03. The fraction of sp³-hybridized carbons (Fsp3) is 0.343. The molecule has 4 aromatic rings. The van der Waals surface area contributed by atoms with Crippen molar-refractivity contribution in [3.8, 4) is 11.1 Å². The molecule has 1 heterocycles. The Kier molecular flexibility index (Phi) is 10.6. The second-order valence-corrected chi connectivity index (χ2v) is 13.0. The third kappa shape index (κ3) is 7.78. The number of hydrogen-bond acceptors (Lipinski definition) is 5. The highest BCUT2D eigenvalue weighted by atomic mass is 35.5. The van der Waals surface area contributed by atoms with Gasteiger partial charge in [0.15, 0.2) is 5.16 Å². The van der Waals surface area contributed by atoms with Gasteiger partial charge in [-0.25, -0.2) is 4.39 Å². The van der Waals surface area contributed by atoms with E-state index in [1.807, 2.05) is 45.4 Å². The molecule has 0 spiro atoms. The van der Waals surface area contributed by atoms with Crippen LogP contribution in [-0.2, 0) is 29.9 Å². The van der Waals surface area contributed by atoms with E-state index in [-0.39, 0.29) is 17.3 Å². The number of amides is 1. The molecule has 230 valence electrons. The lowest BCUT2D eigenvalue weighted by Crippen LogP contribution is -2.37. The molecule has 44 heavy (non-hydrogen) atoms. The van der Waals surface area contributed by atoms with Gasteiger partial charge in [-0.1, -0.05) is 71.9 Å². The second-order valence-electron chi connectivity index (χ2n) is 11.6. The average Bonchev–Trinajstić information content (AvgIpc) is 3.51. The van der Waals surface area contributed by atoms with Crippen LogP contribution in [0.15, 0.2) is 82.7 Å². The molecule has 0 N–H and O–H groups in total. The molecule has 0 aliphatic heterocycles. The first-order chi connectivity index (χ1) is 21.2. The number of carbonyl (C=O) groups is 1. The van der Waals surface area contributed by atoms with Gasteiger partial charge in [0.2, 0.25) is 5.91 Å². The van der Waals surface area contributed by atoms with E-state index in [0.29, 0.717) is 35.3 Å². The molecular weight excluding hydrogens is 595 g/mol. The highest BCUT2D eigenvalue weighted by Gasteiger charge is 2.31. The summed E-state index contributed by atoms with van der Waals surface area (Å²) in [5.74, 6) is 0.217. The monoisotopic (exact) mass is 632 g/mol. The summed E-state index contributed by atoms with van der Waals surface area (Å²) in [5, 5.41) is 1.25. The first-order valence-electron chi connectivity index (χ1n) is 15.0. The van der Waals surface area contributed by atoms with Crippen LogP contribution in [0.1, 0.15) is 47.7 Å². The fourth-order valence-electron chi connectivity index (χ4n) is 5.71. The first-order valence-corrected chi connectivity index (χ1v) is 16.3. The van der Waals surface area contributed by atoms with Crippen LogP contribution in [0.5, 0.6) is 0 Å². The van der Waals surface area contributed by atoms with Crippen LogP contribution in [0.2, 0.25) is 5.02 Å². The molecule has 0 saturated carbocycles. The van der Waals surface area contributed by atoms with Crippen molar-refractivity contribution in [1.29, 1.82) is 0 Å². The molecule has 0 fully saturated rings. The van der Waals surface area contributed by atoms with Gasteiger partial charge in [0.05, 0.1) is 0 Å². The van der Waals surface area contributed by atoms with Crippen LogP contribution < -0.4 is 5.56 Å². The number of rotatable bonds is 12. The Morgan fingerprint density at radius 3 is 2.25 bits per heavy atom. The molecule has 0 bridgehead atoms. The minimum atomic E-state index is -0.496. The molecule has 6 nitrogen and oxygen atoms in total. The zero-order chi connectivity index (χ0) is 31.2. The maximum absolute atomic E-state index is 14.3. The number of hydrogen-bond donors (Lipinski definition) is 0. The number of carbonyl (C=O) groups excluding carboxylic acids is 1. The molecule has 0 radical (unpaired) electrons. The number of nitrogens with zero attached hydrogens (tertiary/aromatic N) is 4. The van der Waals surface area contributed by atoms with Gasteiger partial charge in [0.1, 0.15) is 11.9 Å². The molecular formula is C35H38ClFN4O2S. The number of likely N-dealkylation sites (N-methyl/N-ethyl adjacent to an activating group) is 1. The van der Waals surface area contributed by atoms with Crippen molar-refractivity contribution in [2.45, 2.75) is 55.6 Å². The van der Waals surface area contributed by atoms with Crippen LogP contribution in [-0.4, -0.2) is 52.9 Å². The Morgan fingerprint density at radius 1 is 0.955 bits per heavy atom. The fourth-order valence-corrected chi connectivity index (χ4v) is 6.85. The Hall–Kier alpha value is -3.46. The Morgan fingerprint density at radius 2 is 1.59 bits per heavy atom. The Bertz CT molecular complexity index is 1640. The summed E-state index contributed by atoms with van der Waals surface area (Å²) in [5.41, 5.74) is 5.56. The predicted molar refractivity (Wildman–Crippen MR) is 177 cm³/mol. The van der Waals surface area contributed by atoms with Crippen LogP contribution in [0, 0.1) is 5.82 Å². The van der Waals surface area contributed by atoms with Crippen molar-refractivity contribution in [3.05, 3.63) is 116 Å². The van der Waals surface area contributed by atoms with E-state index in [1.54, 1.807) is 17.0 Å². The lowest BCUT2D eigenvalue weighted by Gasteiger charge is -2.30. The smallest absolute Gasteiger partial charge is 0.277 e. The number of aromatic nitrogens is 2. The summed E-state index contributed by atoms with van der Waals surface area (Å²) < 4.78 is 15.6. The Balaban J connectivity index is 1.42. The van der Waals surface area contributed by atoms with Gasteiger partial charge in [-0.2, -0.15) is 4.98 Å². The topological polar surface area (TPSA) is 58.4 Å². The Labute approximate surface area is 267 Å². The molecule has 0 saturated heterocycles. The van der Waals surface area contributed by atoms with E-state index in [2.05, 4.69) is 38.7 Å². The van der Waals surface area contributed by atoms with Gasteiger partial charge < -0.3 is 14.4 Å². The van der Waals surface area contributed by atoms with Gasteiger partial charge in [-0.05, 0) is 99.3 Å². The third-order valence-electron chi connectivity index (χ3n) is 8.03. The van der Waals surface area contributed by atoms with E-state index in [9.17, 15) is 14.0 Å². The quantitative estimate of drug-likeness (QED) is 0.124. The van der Waals surface area contributed by atoms with Crippen molar-refractivity contribution < 1.29 is 9.18 Å². The largest absolute Gasteiger partial charge is 0.340 e. The molecule has 3 aromatic carbocycles. The SMILES string of the molecule is CN(C)CCCC(C(=O)N(C)Cc1ccc(-c2ccc(Cl)cc2)cc1)n1c(SCc2ccc(F)cc2)nc(=O)c2c1CCC2. The molecule has 1 unspecified atom stereocenters. The third-order valence-corrected chi connectivity index (χ3v) is 9.31. The summed E-state index contributed by atoms with van der Waals surface area (Å²) in [6, 6.07) is 21.8. The summed E-state index contributed by atoms with van der Waals surface area (Å²) in [6.45, 7) is 1.30. The minimum Gasteiger partial charge on any atom is -0.340 e. The highest BCUT2D eigenvalue weighted by molar-refractivity contribution is 7.98. The van der Waals surface area contributed by atoms with E-state index in [4.69, 9.17) is 11.6 Å². The number of thioether (sulfide) groups is 1. The van der Waals surface area contributed by atoms with Gasteiger partial charge in [-0.3, -0.25) is 9.59 Å². The highest BCUT2D eigenvalue weighted by Crippen LogP contribution is 2.32. The van der Waals surface area contributed by atoms with Crippen molar-refractivity contribution >= 4 is 29.3 Å². The lowest BCUT2D eigenvalue weighted by atomic mass is 10.0. The molecule has 1 aliphatic rings. The van der Waals surface area contributed by atoms with Gasteiger partial charge in [0, 0.05) is 35.6 Å². The zero-order valence-electron chi connectivity index (χ0n) is 25.4. The number of fused-ring (bicyclic) bond motifs is 1. The van der Waals surface area contributed by atoms with Crippen molar-refractivity contribution in [3.63, 3.8) is 0 Å². The normalized spacial score (nSPS) is 13.2. The van der Waals surface area contributed by atoms with Gasteiger partial charge in [-0.15, -0.1) is 0 Å². The summed E-state index contributed by atoms with van der Waals surface area (Å²) in [7, 11) is 5.90. The average molecular weight is 633 g/mol. The van der Waals surface area contributed by atoms with Crippen LogP contribution in [0.25, 0.3) is 11.1 Å². The standard InChI is InChI=1S/C35H38ClFN4O2S/c1-39(2)21-5-8-32(34(43)40(3)22-24-9-13-26(14-10-24)27-15-17-28(36)18-16-27)41-31-7-4-6-30(31)33(42)38-35(41)44-23-25-11-19-29(37)20-12-25/h9-20,32H,4-8,21-23H2,1-3H3. The summed E-state index contributed by atoms with van der Waals surface area (Å²) >= 11 is 7.48. The van der Waals surface area contributed by atoms with Crippen molar-refractivity contribution in [1.82, 2.24) is 19.4 Å². The first kappa shape index (κ1) is 31.9. The van der Waals surface area contributed by atoms with Crippen LogP contribution in [0.3, 0.4) is 0 Å². The van der Waals surface area contributed by atoms with E-state index >= 15 is 0 Å². The van der Waals surface area contributed by atoms with Crippen LogP contribution >= 0.6 is 23.4 Å². The maximum Gasteiger partial charge on any atom is 0.277 e. The van der Waals surface area contributed by atoms with Gasteiger partial charge >= 0.3 is 0 Å². The van der Waals surface area contributed by atoms with E-state index in [1.165, 1.54) is 23.9 Å². The molecule has 1 aliphatic carbocycles. The van der Waals surface area contributed by atoms with Crippen molar-refractivity contribution in [2.24, 2.45) is 0 Å². The molecule has 1 aromatic heterocycles. The maximum atomic E-state index is 14.3. The molecule has 1 atom stereocenters. The summed E-state index contributed by atoms with van der Waals surface area (Å²) in [4.78, 5) is 35.8. The van der Waals surface area contributed by atoms with Crippen molar-refractivity contribution in [2.75, 3.05) is 27.7 Å². The number of benzene rings is 3. The summed E-state index contributed by atoms with van der Waals surface area (Å²) in [6.07, 6.45) is 3.73. The molecule has 1 amide bonds. The second kappa shape index (κ2) is 14.5.